The van der Waals surface area contributed by atoms with Crippen molar-refractivity contribution >= 4 is 11.6 Å². The fourth-order valence-corrected chi connectivity index (χ4v) is 2.24. The number of rotatable bonds is 5. The Bertz CT molecular complexity index is 630. The van der Waals surface area contributed by atoms with Gasteiger partial charge in [0.2, 0.25) is 0 Å². The van der Waals surface area contributed by atoms with E-state index < -0.39 is 0 Å². The second kappa shape index (κ2) is 6.00. The number of hydrogen-bond acceptors (Lipinski definition) is 2. The first-order valence-electron chi connectivity index (χ1n) is 7.42. The number of benzene rings is 2. The third kappa shape index (κ3) is 3.63. The van der Waals surface area contributed by atoms with Crippen molar-refractivity contribution < 1.29 is 4.79 Å². The number of anilines is 1. The van der Waals surface area contributed by atoms with E-state index in [1.54, 1.807) is 0 Å². The predicted octanol–water partition coefficient (Wildman–Crippen LogP) is 3.50. The third-order valence-corrected chi connectivity index (χ3v) is 3.80. The molecule has 0 saturated heterocycles. The molecule has 2 aromatic rings. The minimum absolute atomic E-state index is 0.0305. The van der Waals surface area contributed by atoms with Crippen molar-refractivity contribution in [3.8, 4) is 0 Å². The Morgan fingerprint density at radius 3 is 2.48 bits per heavy atom. The maximum absolute atomic E-state index is 11.9. The highest BCUT2D eigenvalue weighted by molar-refractivity contribution is 5.94. The molecular weight excluding hydrogens is 260 g/mol. The Morgan fingerprint density at radius 2 is 1.81 bits per heavy atom. The molecule has 1 aliphatic rings. The first-order valence-corrected chi connectivity index (χ1v) is 7.42. The molecule has 0 bridgehead atoms. The Kier molecular flexibility index (Phi) is 3.91. The number of hydrogen-bond donors (Lipinski definition) is 2. The summed E-state index contributed by atoms with van der Waals surface area (Å²) >= 11 is 0. The molecule has 0 unspecified atom stereocenters. The Labute approximate surface area is 125 Å². The molecule has 1 fully saturated rings. The van der Waals surface area contributed by atoms with Crippen LogP contribution in [0.4, 0.5) is 5.69 Å². The lowest BCUT2D eigenvalue weighted by Gasteiger charge is -2.10. The molecule has 108 valence electrons. The third-order valence-electron chi connectivity index (χ3n) is 3.80. The average Bonchev–Trinajstić information content (AvgIpc) is 3.31. The minimum Gasteiger partial charge on any atom is -0.381 e. The van der Waals surface area contributed by atoms with Gasteiger partial charge in [0.25, 0.3) is 5.91 Å². The second-order valence-electron chi connectivity index (χ2n) is 5.61. The van der Waals surface area contributed by atoms with E-state index in [1.165, 1.54) is 11.1 Å². The molecular formula is C18H20N2O. The van der Waals surface area contributed by atoms with Crippen LogP contribution >= 0.6 is 0 Å². The zero-order valence-corrected chi connectivity index (χ0v) is 12.2. The van der Waals surface area contributed by atoms with Gasteiger partial charge in [-0.15, -0.1) is 0 Å². The molecule has 0 spiro atoms. The number of amides is 1. The van der Waals surface area contributed by atoms with E-state index in [1.807, 2.05) is 30.3 Å². The van der Waals surface area contributed by atoms with Gasteiger partial charge in [-0.05, 0) is 55.2 Å². The highest BCUT2D eigenvalue weighted by atomic mass is 16.1. The summed E-state index contributed by atoms with van der Waals surface area (Å²) in [5.74, 6) is 0.0305. The first-order chi connectivity index (χ1) is 10.2. The van der Waals surface area contributed by atoms with Crippen molar-refractivity contribution in [2.24, 2.45) is 0 Å². The molecule has 0 radical (unpaired) electrons. The van der Waals surface area contributed by atoms with E-state index >= 15 is 0 Å². The van der Waals surface area contributed by atoms with Crippen LogP contribution in [0, 0.1) is 6.92 Å². The number of carbonyl (C=O) groups is 1. The molecule has 1 aliphatic carbocycles. The number of carbonyl (C=O) groups excluding carboxylic acids is 1. The molecule has 2 N–H and O–H groups in total. The zero-order chi connectivity index (χ0) is 14.7. The Morgan fingerprint density at radius 1 is 1.10 bits per heavy atom. The van der Waals surface area contributed by atoms with Crippen LogP contribution < -0.4 is 10.6 Å². The SMILES string of the molecule is Cc1ccccc1CNc1ccc(C(=O)NC2CC2)cc1. The molecule has 1 amide bonds. The highest BCUT2D eigenvalue weighted by Gasteiger charge is 2.23. The van der Waals surface area contributed by atoms with Crippen molar-refractivity contribution in [1.82, 2.24) is 5.32 Å². The standard InChI is InChI=1S/C18H20N2O/c1-13-4-2-3-5-15(13)12-19-16-8-6-14(7-9-16)18(21)20-17-10-11-17/h2-9,17,19H,10-12H2,1H3,(H,20,21). The van der Waals surface area contributed by atoms with Gasteiger partial charge in [0.1, 0.15) is 0 Å². The van der Waals surface area contributed by atoms with Gasteiger partial charge in [-0.25, -0.2) is 0 Å². The molecule has 1 saturated carbocycles. The fraction of sp³-hybridized carbons (Fsp3) is 0.278. The van der Waals surface area contributed by atoms with Gasteiger partial charge in [0, 0.05) is 23.8 Å². The van der Waals surface area contributed by atoms with Crippen molar-refractivity contribution in [1.29, 1.82) is 0 Å². The maximum Gasteiger partial charge on any atom is 0.251 e. The normalized spacial score (nSPS) is 13.8. The molecule has 2 aromatic carbocycles. The van der Waals surface area contributed by atoms with Gasteiger partial charge in [0.05, 0.1) is 0 Å². The number of nitrogens with one attached hydrogen (secondary N) is 2. The first kappa shape index (κ1) is 13.7. The monoisotopic (exact) mass is 280 g/mol. The van der Waals surface area contributed by atoms with Crippen molar-refractivity contribution in [2.45, 2.75) is 32.4 Å². The van der Waals surface area contributed by atoms with Crippen LogP contribution in [-0.4, -0.2) is 11.9 Å². The quantitative estimate of drug-likeness (QED) is 0.880. The molecule has 21 heavy (non-hydrogen) atoms. The van der Waals surface area contributed by atoms with Crippen LogP contribution in [-0.2, 0) is 6.54 Å². The minimum atomic E-state index is 0.0305. The molecule has 3 heteroatoms. The largest absolute Gasteiger partial charge is 0.381 e. The van der Waals surface area contributed by atoms with Crippen LogP contribution in [0.2, 0.25) is 0 Å². The van der Waals surface area contributed by atoms with Crippen LogP contribution in [0.1, 0.15) is 34.3 Å². The fourth-order valence-electron chi connectivity index (χ4n) is 2.24. The highest BCUT2D eigenvalue weighted by Crippen LogP contribution is 2.20. The summed E-state index contributed by atoms with van der Waals surface area (Å²) < 4.78 is 0. The lowest BCUT2D eigenvalue weighted by Crippen LogP contribution is -2.25. The summed E-state index contributed by atoms with van der Waals surface area (Å²) in [4.78, 5) is 11.9. The summed E-state index contributed by atoms with van der Waals surface area (Å²) in [6, 6.07) is 16.4. The lowest BCUT2D eigenvalue weighted by molar-refractivity contribution is 0.0951. The Hall–Kier alpha value is -2.29. The maximum atomic E-state index is 11.9. The van der Waals surface area contributed by atoms with Gasteiger partial charge in [-0.2, -0.15) is 0 Å². The van der Waals surface area contributed by atoms with Crippen LogP contribution in [0.15, 0.2) is 48.5 Å². The predicted molar refractivity (Wildman–Crippen MR) is 85.4 cm³/mol. The van der Waals surface area contributed by atoms with Gasteiger partial charge in [0.15, 0.2) is 0 Å². The van der Waals surface area contributed by atoms with E-state index in [-0.39, 0.29) is 5.91 Å². The smallest absolute Gasteiger partial charge is 0.251 e. The summed E-state index contributed by atoms with van der Waals surface area (Å²) in [6.07, 6.45) is 2.23. The summed E-state index contributed by atoms with van der Waals surface area (Å²) in [7, 11) is 0. The Balaban J connectivity index is 1.59. The molecule has 0 aliphatic heterocycles. The molecule has 3 nitrogen and oxygen atoms in total. The lowest BCUT2D eigenvalue weighted by atomic mass is 10.1. The van der Waals surface area contributed by atoms with Gasteiger partial charge in [-0.3, -0.25) is 4.79 Å². The molecule has 0 heterocycles. The summed E-state index contributed by atoms with van der Waals surface area (Å²) in [5.41, 5.74) is 4.32. The van der Waals surface area contributed by atoms with Crippen molar-refractivity contribution in [3.63, 3.8) is 0 Å². The molecule has 0 aromatic heterocycles. The summed E-state index contributed by atoms with van der Waals surface area (Å²) in [5, 5.41) is 6.38. The van der Waals surface area contributed by atoms with E-state index in [4.69, 9.17) is 0 Å². The molecule has 0 atom stereocenters. The van der Waals surface area contributed by atoms with Gasteiger partial charge >= 0.3 is 0 Å². The van der Waals surface area contributed by atoms with Crippen LogP contribution in [0.25, 0.3) is 0 Å². The van der Waals surface area contributed by atoms with E-state index in [0.29, 0.717) is 6.04 Å². The van der Waals surface area contributed by atoms with Gasteiger partial charge in [-0.1, -0.05) is 24.3 Å². The van der Waals surface area contributed by atoms with E-state index in [2.05, 4.69) is 35.8 Å². The van der Waals surface area contributed by atoms with E-state index in [9.17, 15) is 4.79 Å². The van der Waals surface area contributed by atoms with E-state index in [0.717, 1.165) is 30.6 Å². The zero-order valence-electron chi connectivity index (χ0n) is 12.2. The van der Waals surface area contributed by atoms with Crippen molar-refractivity contribution in [2.75, 3.05) is 5.32 Å². The van der Waals surface area contributed by atoms with Crippen LogP contribution in [0.3, 0.4) is 0 Å². The second-order valence-corrected chi connectivity index (χ2v) is 5.61. The topological polar surface area (TPSA) is 41.1 Å². The van der Waals surface area contributed by atoms with Gasteiger partial charge < -0.3 is 10.6 Å². The van der Waals surface area contributed by atoms with Crippen molar-refractivity contribution in [3.05, 3.63) is 65.2 Å². The molecule has 3 rings (SSSR count). The average molecular weight is 280 g/mol. The number of aryl methyl sites for hydroxylation is 1. The summed E-state index contributed by atoms with van der Waals surface area (Å²) in [6.45, 7) is 2.91. The van der Waals surface area contributed by atoms with Crippen LogP contribution in [0.5, 0.6) is 0 Å².